The van der Waals surface area contributed by atoms with Crippen molar-refractivity contribution in [2.24, 2.45) is 0 Å². The summed E-state index contributed by atoms with van der Waals surface area (Å²) in [6.45, 7) is 2.95. The topological polar surface area (TPSA) is 57.7 Å². The Kier molecular flexibility index (Phi) is 5.12. The number of alkyl halides is 2. The van der Waals surface area contributed by atoms with Gasteiger partial charge in [0.05, 0.1) is 11.3 Å². The number of halogens is 2. The summed E-state index contributed by atoms with van der Waals surface area (Å²) >= 11 is 0. The first kappa shape index (κ1) is 16.8. The van der Waals surface area contributed by atoms with Gasteiger partial charge in [-0.05, 0) is 24.7 Å². The molecule has 1 fully saturated rings. The normalized spacial score (nSPS) is 17.0. The number of nitrogens with zero attached hydrogens (tertiary/aromatic N) is 2. The number of benzene rings is 1. The van der Waals surface area contributed by atoms with Crippen LogP contribution in [0, 0.1) is 0 Å². The highest BCUT2D eigenvalue weighted by Gasteiger charge is 2.26. The van der Waals surface area contributed by atoms with Crippen LogP contribution in [0.4, 0.5) is 8.78 Å². The van der Waals surface area contributed by atoms with E-state index in [4.69, 9.17) is 0 Å². The van der Waals surface area contributed by atoms with E-state index in [1.54, 1.807) is 4.90 Å². The van der Waals surface area contributed by atoms with Crippen LogP contribution in [0.15, 0.2) is 29.2 Å². The maximum Gasteiger partial charge on any atom is 0.341 e. The summed E-state index contributed by atoms with van der Waals surface area (Å²) in [5.74, 6) is -3.48. The minimum absolute atomic E-state index is 0.0439. The van der Waals surface area contributed by atoms with Crippen molar-refractivity contribution in [2.45, 2.75) is 17.1 Å². The first-order chi connectivity index (χ1) is 10.3. The van der Waals surface area contributed by atoms with Crippen molar-refractivity contribution >= 4 is 15.7 Å². The Hall–Kier alpha value is -1.54. The molecule has 1 amide bonds. The molecule has 0 spiro atoms. The predicted octanol–water partition coefficient (Wildman–Crippen LogP) is 0.999. The molecule has 8 heteroatoms. The lowest BCUT2D eigenvalue weighted by Gasteiger charge is -2.32. The number of hydrogen-bond donors (Lipinski definition) is 0. The van der Waals surface area contributed by atoms with Gasteiger partial charge in [0.15, 0.2) is 0 Å². The molecule has 1 aromatic rings. The Morgan fingerprint density at radius 2 is 1.68 bits per heavy atom. The van der Waals surface area contributed by atoms with E-state index < -0.39 is 20.5 Å². The Bertz CT molecular complexity index is 624. The summed E-state index contributed by atoms with van der Waals surface area (Å²) in [5.41, 5.74) is 0.608. The van der Waals surface area contributed by atoms with Gasteiger partial charge >= 0.3 is 5.76 Å². The lowest BCUT2D eigenvalue weighted by molar-refractivity contribution is -0.132. The third kappa shape index (κ3) is 3.80. The predicted molar refractivity (Wildman–Crippen MR) is 77.4 cm³/mol. The first-order valence-corrected chi connectivity index (χ1v) is 8.42. The van der Waals surface area contributed by atoms with Gasteiger partial charge in [-0.15, -0.1) is 0 Å². The molecule has 122 valence electrons. The SMILES string of the molecule is CN1CCN(C(=O)Cc2ccc(S(=O)(=O)C(F)F)cc2)CC1. The first-order valence-electron chi connectivity index (χ1n) is 6.88. The highest BCUT2D eigenvalue weighted by molar-refractivity contribution is 7.91. The van der Waals surface area contributed by atoms with Crippen molar-refractivity contribution in [3.8, 4) is 0 Å². The van der Waals surface area contributed by atoms with Crippen molar-refractivity contribution < 1.29 is 22.0 Å². The summed E-state index contributed by atoms with van der Waals surface area (Å²) in [6, 6.07) is 5.05. The number of hydrogen-bond acceptors (Lipinski definition) is 4. The highest BCUT2D eigenvalue weighted by Crippen LogP contribution is 2.19. The van der Waals surface area contributed by atoms with Crippen LogP contribution in [0.25, 0.3) is 0 Å². The monoisotopic (exact) mass is 332 g/mol. The number of sulfone groups is 1. The molecule has 0 N–H and O–H groups in total. The molecule has 1 aliphatic rings. The van der Waals surface area contributed by atoms with Gasteiger partial charge in [0.2, 0.25) is 15.7 Å². The minimum atomic E-state index is -4.58. The molecule has 1 heterocycles. The van der Waals surface area contributed by atoms with E-state index in [1.807, 2.05) is 7.05 Å². The smallest absolute Gasteiger partial charge is 0.340 e. The van der Waals surface area contributed by atoms with E-state index >= 15 is 0 Å². The molecule has 1 aliphatic heterocycles. The summed E-state index contributed by atoms with van der Waals surface area (Å²) in [4.78, 5) is 15.6. The van der Waals surface area contributed by atoms with Gasteiger partial charge in [-0.1, -0.05) is 12.1 Å². The van der Waals surface area contributed by atoms with Gasteiger partial charge in [-0.25, -0.2) is 8.42 Å². The van der Waals surface area contributed by atoms with E-state index in [0.717, 1.165) is 25.2 Å². The fourth-order valence-corrected chi connectivity index (χ4v) is 2.96. The largest absolute Gasteiger partial charge is 0.341 e. The molecule has 0 aromatic heterocycles. The van der Waals surface area contributed by atoms with Crippen molar-refractivity contribution in [1.82, 2.24) is 9.80 Å². The molecule has 22 heavy (non-hydrogen) atoms. The van der Waals surface area contributed by atoms with Gasteiger partial charge in [0.1, 0.15) is 0 Å². The van der Waals surface area contributed by atoms with Crippen LogP contribution in [0.5, 0.6) is 0 Å². The van der Waals surface area contributed by atoms with Crippen LogP contribution in [0.1, 0.15) is 5.56 Å². The molecular formula is C14H18F2N2O3S. The number of carbonyl (C=O) groups excluding carboxylic acids is 1. The molecule has 0 bridgehead atoms. The number of rotatable bonds is 4. The van der Waals surface area contributed by atoms with Crippen molar-refractivity contribution in [1.29, 1.82) is 0 Å². The number of carbonyl (C=O) groups is 1. The lowest BCUT2D eigenvalue weighted by atomic mass is 10.1. The molecule has 1 saturated heterocycles. The molecule has 2 rings (SSSR count). The van der Waals surface area contributed by atoms with Crippen LogP contribution in [-0.2, 0) is 21.1 Å². The van der Waals surface area contributed by atoms with Gasteiger partial charge in [0.25, 0.3) is 0 Å². The number of likely N-dealkylation sites (N-methyl/N-ethyl adjacent to an activating group) is 1. The second-order valence-electron chi connectivity index (χ2n) is 5.31. The third-order valence-electron chi connectivity index (χ3n) is 3.70. The Morgan fingerprint density at radius 3 is 2.18 bits per heavy atom. The minimum Gasteiger partial charge on any atom is -0.340 e. The van der Waals surface area contributed by atoms with Crippen LogP contribution < -0.4 is 0 Å². The van der Waals surface area contributed by atoms with Crippen LogP contribution >= 0.6 is 0 Å². The van der Waals surface area contributed by atoms with Crippen LogP contribution in [0.3, 0.4) is 0 Å². The molecule has 5 nitrogen and oxygen atoms in total. The number of piperazine rings is 1. The average molecular weight is 332 g/mol. The molecule has 0 radical (unpaired) electrons. The average Bonchev–Trinajstić information content (AvgIpc) is 2.48. The maximum atomic E-state index is 12.4. The van der Waals surface area contributed by atoms with Crippen molar-refractivity contribution in [3.63, 3.8) is 0 Å². The van der Waals surface area contributed by atoms with E-state index in [0.29, 0.717) is 18.7 Å². The highest BCUT2D eigenvalue weighted by atomic mass is 32.2. The fraction of sp³-hybridized carbons (Fsp3) is 0.500. The standard InChI is InChI=1S/C14H18F2N2O3S/c1-17-6-8-18(9-7-17)13(19)10-11-2-4-12(5-3-11)22(20,21)14(15)16/h2-5,14H,6-10H2,1H3. The molecule has 0 atom stereocenters. The van der Waals surface area contributed by atoms with E-state index in [9.17, 15) is 22.0 Å². The molecule has 0 unspecified atom stereocenters. The van der Waals surface area contributed by atoms with Crippen LogP contribution in [-0.4, -0.2) is 63.1 Å². The fourth-order valence-electron chi connectivity index (χ4n) is 2.24. The Balaban J connectivity index is 2.01. The summed E-state index contributed by atoms with van der Waals surface area (Å²) < 4.78 is 47.5. The molecule has 0 aliphatic carbocycles. The second kappa shape index (κ2) is 6.70. The van der Waals surface area contributed by atoms with E-state index in [-0.39, 0.29) is 12.3 Å². The number of amides is 1. The van der Waals surface area contributed by atoms with Crippen LogP contribution in [0.2, 0.25) is 0 Å². The van der Waals surface area contributed by atoms with Crippen molar-refractivity contribution in [3.05, 3.63) is 29.8 Å². The zero-order valence-electron chi connectivity index (χ0n) is 12.2. The van der Waals surface area contributed by atoms with Crippen molar-refractivity contribution in [2.75, 3.05) is 33.2 Å². The zero-order chi connectivity index (χ0) is 16.3. The summed E-state index contributed by atoms with van der Waals surface area (Å²) in [7, 11) is -2.59. The van der Waals surface area contributed by atoms with E-state index in [1.165, 1.54) is 12.1 Å². The van der Waals surface area contributed by atoms with Gasteiger partial charge in [-0.3, -0.25) is 4.79 Å². The third-order valence-corrected chi connectivity index (χ3v) is 5.10. The zero-order valence-corrected chi connectivity index (χ0v) is 13.0. The molecule has 0 saturated carbocycles. The summed E-state index contributed by atoms with van der Waals surface area (Å²) in [5, 5.41) is 0. The quantitative estimate of drug-likeness (QED) is 0.825. The van der Waals surface area contributed by atoms with Gasteiger partial charge in [-0.2, -0.15) is 8.78 Å². The molecule has 1 aromatic carbocycles. The second-order valence-corrected chi connectivity index (χ2v) is 7.23. The summed E-state index contributed by atoms with van der Waals surface area (Å²) in [6.07, 6.45) is 0.138. The Labute approximate surface area is 128 Å². The lowest BCUT2D eigenvalue weighted by Crippen LogP contribution is -2.47. The Morgan fingerprint density at radius 1 is 1.14 bits per heavy atom. The maximum absolute atomic E-state index is 12.4. The van der Waals surface area contributed by atoms with Gasteiger partial charge < -0.3 is 9.80 Å². The van der Waals surface area contributed by atoms with E-state index in [2.05, 4.69) is 4.90 Å². The van der Waals surface area contributed by atoms with Gasteiger partial charge in [0, 0.05) is 26.2 Å². The molecular weight excluding hydrogens is 314 g/mol.